The number of rotatable bonds is 2. The Morgan fingerprint density at radius 3 is 2.90 bits per heavy atom. The number of nitrogens with one attached hydrogen (secondary N) is 1. The highest BCUT2D eigenvalue weighted by Crippen LogP contribution is 2.22. The second kappa shape index (κ2) is 6.49. The normalized spacial score (nSPS) is 18.7. The predicted octanol–water partition coefficient (Wildman–Crippen LogP) is 3.12. The quantitative estimate of drug-likeness (QED) is 0.851. The van der Waals surface area contributed by atoms with E-state index in [0.29, 0.717) is 28.5 Å². The molecule has 1 saturated heterocycles. The van der Waals surface area contributed by atoms with Crippen LogP contribution in [0.4, 0.5) is 10.5 Å². The molecule has 2 amide bonds. The van der Waals surface area contributed by atoms with Gasteiger partial charge in [0.2, 0.25) is 0 Å². The summed E-state index contributed by atoms with van der Waals surface area (Å²) in [6, 6.07) is 4.56. The molecule has 1 heterocycles. The Kier molecular flexibility index (Phi) is 4.93. The van der Waals surface area contributed by atoms with E-state index >= 15 is 0 Å². The Labute approximate surface area is 129 Å². The average Bonchev–Trinajstić information content (AvgIpc) is 2.40. The minimum Gasteiger partial charge on any atom is -0.478 e. The van der Waals surface area contributed by atoms with E-state index in [4.69, 9.17) is 5.11 Å². The van der Waals surface area contributed by atoms with Crippen molar-refractivity contribution in [3.8, 4) is 0 Å². The summed E-state index contributed by atoms with van der Waals surface area (Å²) in [4.78, 5) is 24.9. The summed E-state index contributed by atoms with van der Waals surface area (Å²) >= 11 is 5.02. The van der Waals surface area contributed by atoms with Crippen LogP contribution in [0.25, 0.3) is 0 Å². The van der Waals surface area contributed by atoms with E-state index in [2.05, 4.69) is 28.2 Å². The van der Waals surface area contributed by atoms with Crippen molar-refractivity contribution in [2.24, 2.45) is 0 Å². The molecule has 0 spiro atoms. The van der Waals surface area contributed by atoms with E-state index in [1.54, 1.807) is 17.0 Å². The fourth-order valence-electron chi connectivity index (χ4n) is 1.97. The molecule has 2 rings (SSSR count). The smallest absolute Gasteiger partial charge is 0.336 e. The average molecular weight is 359 g/mol. The van der Waals surface area contributed by atoms with Gasteiger partial charge in [0, 0.05) is 34.3 Å². The lowest BCUT2D eigenvalue weighted by Gasteiger charge is -2.30. The summed E-state index contributed by atoms with van der Waals surface area (Å²) in [6.07, 6.45) is 0. The van der Waals surface area contributed by atoms with Crippen LogP contribution in [0.5, 0.6) is 0 Å². The lowest BCUT2D eigenvalue weighted by atomic mass is 10.2. The summed E-state index contributed by atoms with van der Waals surface area (Å²) in [6.45, 7) is 3.51. The largest absolute Gasteiger partial charge is 0.478 e. The molecule has 0 aromatic heterocycles. The molecular weight excluding hydrogens is 344 g/mol. The Hall–Kier alpha value is -1.21. The summed E-state index contributed by atoms with van der Waals surface area (Å²) in [5.41, 5.74) is 0.617. The van der Waals surface area contributed by atoms with Crippen LogP contribution in [0, 0.1) is 0 Å². The number of hydrogen-bond acceptors (Lipinski definition) is 3. The van der Waals surface area contributed by atoms with Crippen molar-refractivity contribution >= 4 is 45.4 Å². The van der Waals surface area contributed by atoms with Crippen molar-refractivity contribution in [2.75, 3.05) is 24.2 Å². The lowest BCUT2D eigenvalue weighted by Crippen LogP contribution is -2.43. The molecule has 0 radical (unpaired) electrons. The molecule has 0 saturated carbocycles. The monoisotopic (exact) mass is 358 g/mol. The van der Waals surface area contributed by atoms with E-state index in [1.807, 2.05) is 11.8 Å². The van der Waals surface area contributed by atoms with Crippen molar-refractivity contribution in [3.05, 3.63) is 28.2 Å². The number of aromatic carboxylic acids is 1. The molecule has 20 heavy (non-hydrogen) atoms. The van der Waals surface area contributed by atoms with Crippen LogP contribution in [0.1, 0.15) is 17.3 Å². The van der Waals surface area contributed by atoms with Gasteiger partial charge in [0.25, 0.3) is 0 Å². The number of halogens is 1. The Morgan fingerprint density at radius 1 is 1.50 bits per heavy atom. The van der Waals surface area contributed by atoms with Gasteiger partial charge in [-0.2, -0.15) is 11.8 Å². The maximum atomic E-state index is 12.1. The van der Waals surface area contributed by atoms with Crippen LogP contribution in [0.15, 0.2) is 22.7 Å². The van der Waals surface area contributed by atoms with Gasteiger partial charge in [-0.1, -0.05) is 6.92 Å². The standard InChI is InChI=1S/C13H15BrN2O3S/c1-8-7-16(4-5-20-8)13(19)15-9-2-3-11(14)10(6-9)12(17)18/h2-3,6,8H,4-5,7H2,1H3,(H,15,19)(H,17,18). The fourth-order valence-corrected chi connectivity index (χ4v) is 3.40. The molecule has 0 bridgehead atoms. The van der Waals surface area contributed by atoms with Gasteiger partial charge in [-0.3, -0.25) is 0 Å². The third-order valence-electron chi connectivity index (χ3n) is 2.98. The number of benzene rings is 1. The highest BCUT2D eigenvalue weighted by atomic mass is 79.9. The first kappa shape index (κ1) is 15.2. The van der Waals surface area contributed by atoms with E-state index in [0.717, 1.165) is 5.75 Å². The molecule has 5 nitrogen and oxygen atoms in total. The first-order valence-electron chi connectivity index (χ1n) is 6.17. The molecule has 1 aliphatic rings. The summed E-state index contributed by atoms with van der Waals surface area (Å²) in [7, 11) is 0. The number of carboxylic acid groups (broad SMARTS) is 1. The Morgan fingerprint density at radius 2 is 2.25 bits per heavy atom. The number of amides is 2. The number of carbonyl (C=O) groups is 2. The predicted molar refractivity (Wildman–Crippen MR) is 83.6 cm³/mol. The molecule has 7 heteroatoms. The first-order valence-corrected chi connectivity index (χ1v) is 8.02. The third kappa shape index (κ3) is 3.67. The maximum absolute atomic E-state index is 12.1. The molecule has 108 valence electrons. The molecule has 0 aliphatic carbocycles. The summed E-state index contributed by atoms with van der Waals surface area (Å²) in [5, 5.41) is 12.2. The second-order valence-electron chi connectivity index (χ2n) is 4.56. The van der Waals surface area contributed by atoms with Gasteiger partial charge < -0.3 is 15.3 Å². The molecule has 2 N–H and O–H groups in total. The molecule has 1 aromatic rings. The molecular formula is C13H15BrN2O3S. The highest BCUT2D eigenvalue weighted by molar-refractivity contribution is 9.10. The SMILES string of the molecule is CC1CN(C(=O)Nc2ccc(Br)c(C(=O)O)c2)CCS1. The van der Waals surface area contributed by atoms with E-state index in [1.165, 1.54) is 6.07 Å². The van der Waals surface area contributed by atoms with Gasteiger partial charge in [-0.25, -0.2) is 9.59 Å². The minimum absolute atomic E-state index is 0.130. The van der Waals surface area contributed by atoms with Crippen LogP contribution < -0.4 is 5.32 Å². The third-order valence-corrected chi connectivity index (χ3v) is 4.80. The van der Waals surface area contributed by atoms with Crippen molar-refractivity contribution in [2.45, 2.75) is 12.2 Å². The number of hydrogen-bond donors (Lipinski definition) is 2. The van der Waals surface area contributed by atoms with Gasteiger partial charge in [0.05, 0.1) is 5.56 Å². The second-order valence-corrected chi connectivity index (χ2v) is 6.96. The molecule has 1 atom stereocenters. The summed E-state index contributed by atoms with van der Waals surface area (Å²) in [5.74, 6) is -0.106. The summed E-state index contributed by atoms with van der Waals surface area (Å²) < 4.78 is 0.492. The number of nitrogens with zero attached hydrogens (tertiary/aromatic N) is 1. The van der Waals surface area contributed by atoms with E-state index < -0.39 is 5.97 Å². The number of thioether (sulfide) groups is 1. The maximum Gasteiger partial charge on any atom is 0.336 e. The van der Waals surface area contributed by atoms with Crippen LogP contribution >= 0.6 is 27.7 Å². The zero-order chi connectivity index (χ0) is 14.7. The number of carboxylic acids is 1. The molecule has 1 aromatic carbocycles. The van der Waals surface area contributed by atoms with Crippen molar-refractivity contribution in [1.29, 1.82) is 0 Å². The number of urea groups is 1. The van der Waals surface area contributed by atoms with Crippen molar-refractivity contribution in [3.63, 3.8) is 0 Å². The highest BCUT2D eigenvalue weighted by Gasteiger charge is 2.21. The van der Waals surface area contributed by atoms with Gasteiger partial charge in [-0.05, 0) is 34.1 Å². The van der Waals surface area contributed by atoms with Gasteiger partial charge in [-0.15, -0.1) is 0 Å². The minimum atomic E-state index is -1.03. The first-order chi connectivity index (χ1) is 9.47. The van der Waals surface area contributed by atoms with E-state index in [-0.39, 0.29) is 11.6 Å². The van der Waals surface area contributed by atoms with Crippen LogP contribution in [-0.4, -0.2) is 46.1 Å². The Bertz CT molecular complexity index is 538. The van der Waals surface area contributed by atoms with Gasteiger partial charge >= 0.3 is 12.0 Å². The van der Waals surface area contributed by atoms with Gasteiger partial charge in [0.1, 0.15) is 0 Å². The van der Waals surface area contributed by atoms with Crippen LogP contribution in [0.3, 0.4) is 0 Å². The molecule has 1 fully saturated rings. The lowest BCUT2D eigenvalue weighted by molar-refractivity contribution is 0.0696. The fraction of sp³-hybridized carbons (Fsp3) is 0.385. The van der Waals surface area contributed by atoms with E-state index in [9.17, 15) is 9.59 Å². The van der Waals surface area contributed by atoms with Crippen molar-refractivity contribution in [1.82, 2.24) is 4.90 Å². The zero-order valence-corrected chi connectivity index (χ0v) is 13.3. The zero-order valence-electron chi connectivity index (χ0n) is 10.9. The molecule has 1 aliphatic heterocycles. The Balaban J connectivity index is 2.07. The number of anilines is 1. The number of carbonyl (C=O) groups excluding carboxylic acids is 1. The van der Waals surface area contributed by atoms with Crippen LogP contribution in [-0.2, 0) is 0 Å². The van der Waals surface area contributed by atoms with Gasteiger partial charge in [0.15, 0.2) is 0 Å². The topological polar surface area (TPSA) is 69.6 Å². The van der Waals surface area contributed by atoms with Crippen LogP contribution in [0.2, 0.25) is 0 Å². The van der Waals surface area contributed by atoms with Crippen molar-refractivity contribution < 1.29 is 14.7 Å². The molecule has 1 unspecified atom stereocenters.